The van der Waals surface area contributed by atoms with E-state index in [0.29, 0.717) is 12.1 Å². The molecule has 8 heteroatoms. The lowest BCUT2D eigenvalue weighted by molar-refractivity contribution is 0.136. The fourth-order valence-electron chi connectivity index (χ4n) is 3.91. The summed E-state index contributed by atoms with van der Waals surface area (Å²) < 4.78 is 34.1. The van der Waals surface area contributed by atoms with E-state index >= 15 is 0 Å². The highest BCUT2D eigenvalue weighted by atomic mass is 79.9. The molecule has 0 aliphatic carbocycles. The van der Waals surface area contributed by atoms with Gasteiger partial charge in [-0.1, -0.05) is 27.9 Å². The van der Waals surface area contributed by atoms with Crippen molar-refractivity contribution in [1.82, 2.24) is 13.8 Å². The maximum Gasteiger partial charge on any atom is 0.268 e. The SMILES string of the molecule is C#CCN1CCN(CCCOc2ccc3c(ccn3S(=O)(=O)c3cccc(Br)c3)c2)CC1. The van der Waals surface area contributed by atoms with Crippen molar-refractivity contribution in [1.29, 1.82) is 0 Å². The smallest absolute Gasteiger partial charge is 0.268 e. The highest BCUT2D eigenvalue weighted by molar-refractivity contribution is 9.10. The largest absolute Gasteiger partial charge is 0.494 e. The Morgan fingerprint density at radius 3 is 2.56 bits per heavy atom. The van der Waals surface area contributed by atoms with Gasteiger partial charge in [-0.2, -0.15) is 0 Å². The average molecular weight is 516 g/mol. The van der Waals surface area contributed by atoms with E-state index in [1.165, 1.54) is 3.97 Å². The molecule has 0 saturated carbocycles. The molecule has 0 N–H and O–H groups in total. The molecule has 2 heterocycles. The fraction of sp³-hybridized carbons (Fsp3) is 0.333. The normalized spacial score (nSPS) is 15.6. The van der Waals surface area contributed by atoms with Gasteiger partial charge in [0.15, 0.2) is 0 Å². The van der Waals surface area contributed by atoms with Gasteiger partial charge in [-0.3, -0.25) is 4.90 Å². The number of ether oxygens (including phenoxy) is 1. The number of aromatic nitrogens is 1. The van der Waals surface area contributed by atoms with Crippen LogP contribution in [0.5, 0.6) is 5.75 Å². The zero-order chi connectivity index (χ0) is 22.6. The van der Waals surface area contributed by atoms with Crippen molar-refractivity contribution in [3.63, 3.8) is 0 Å². The van der Waals surface area contributed by atoms with Crippen molar-refractivity contribution in [2.45, 2.75) is 11.3 Å². The maximum absolute atomic E-state index is 13.1. The van der Waals surface area contributed by atoms with Crippen LogP contribution in [0.1, 0.15) is 6.42 Å². The topological polar surface area (TPSA) is 54.8 Å². The van der Waals surface area contributed by atoms with E-state index in [-0.39, 0.29) is 4.90 Å². The number of rotatable bonds is 8. The molecule has 4 rings (SSSR count). The molecule has 0 amide bonds. The summed E-state index contributed by atoms with van der Waals surface area (Å²) in [5, 5.41) is 0.825. The van der Waals surface area contributed by atoms with Crippen molar-refractivity contribution in [2.75, 3.05) is 45.9 Å². The molecule has 0 atom stereocenters. The standard InChI is InChI=1S/C24H26BrN3O3S/c1-2-10-26-13-15-27(16-14-26)11-4-17-31-22-7-8-24-20(18-22)9-12-28(24)32(29,30)23-6-3-5-21(25)19-23/h1,3,5-9,12,18-19H,4,10-11,13-17H2. The minimum absolute atomic E-state index is 0.241. The van der Waals surface area contributed by atoms with E-state index in [2.05, 4.69) is 31.7 Å². The van der Waals surface area contributed by atoms with Gasteiger partial charge in [0.25, 0.3) is 10.0 Å². The van der Waals surface area contributed by atoms with Crippen LogP contribution in [-0.2, 0) is 10.0 Å². The Balaban J connectivity index is 1.35. The summed E-state index contributed by atoms with van der Waals surface area (Å²) in [5.41, 5.74) is 0.627. The maximum atomic E-state index is 13.1. The van der Waals surface area contributed by atoms with Crippen LogP contribution in [0.3, 0.4) is 0 Å². The molecule has 1 aliphatic heterocycles. The van der Waals surface area contributed by atoms with Crippen molar-refractivity contribution in [2.24, 2.45) is 0 Å². The van der Waals surface area contributed by atoms with Crippen LogP contribution < -0.4 is 4.74 Å². The van der Waals surface area contributed by atoms with E-state index < -0.39 is 10.0 Å². The number of benzene rings is 2. The lowest BCUT2D eigenvalue weighted by Gasteiger charge is -2.33. The first-order valence-electron chi connectivity index (χ1n) is 10.6. The number of halogens is 1. The first kappa shape index (κ1) is 22.9. The Labute approximate surface area is 197 Å². The molecule has 0 bridgehead atoms. The van der Waals surface area contributed by atoms with Gasteiger partial charge < -0.3 is 9.64 Å². The summed E-state index contributed by atoms with van der Waals surface area (Å²) in [6.45, 7) is 6.44. The number of nitrogens with zero attached hydrogens (tertiary/aromatic N) is 3. The second-order valence-corrected chi connectivity index (χ2v) is 10.5. The molecule has 3 aromatic rings. The molecule has 1 fully saturated rings. The van der Waals surface area contributed by atoms with Gasteiger partial charge in [0.1, 0.15) is 5.75 Å². The molecule has 32 heavy (non-hydrogen) atoms. The van der Waals surface area contributed by atoms with Crippen LogP contribution >= 0.6 is 15.9 Å². The molecule has 6 nitrogen and oxygen atoms in total. The van der Waals surface area contributed by atoms with Crippen LogP contribution in [0.2, 0.25) is 0 Å². The zero-order valence-electron chi connectivity index (χ0n) is 17.8. The molecule has 1 aliphatic rings. The number of terminal acetylenes is 1. The summed E-state index contributed by atoms with van der Waals surface area (Å²) in [7, 11) is -3.67. The lowest BCUT2D eigenvalue weighted by atomic mass is 10.2. The molecule has 168 valence electrons. The van der Waals surface area contributed by atoms with E-state index in [4.69, 9.17) is 11.2 Å². The number of fused-ring (bicyclic) bond motifs is 1. The first-order valence-corrected chi connectivity index (χ1v) is 12.8. The van der Waals surface area contributed by atoms with E-state index in [1.807, 2.05) is 12.1 Å². The predicted octanol–water partition coefficient (Wildman–Crippen LogP) is 3.66. The summed E-state index contributed by atoms with van der Waals surface area (Å²) in [5.74, 6) is 3.45. The van der Waals surface area contributed by atoms with Crippen molar-refractivity contribution in [3.8, 4) is 18.1 Å². The third-order valence-electron chi connectivity index (χ3n) is 5.65. The fourth-order valence-corrected chi connectivity index (χ4v) is 5.86. The van der Waals surface area contributed by atoms with Crippen molar-refractivity contribution >= 4 is 36.9 Å². The first-order chi connectivity index (χ1) is 15.5. The third kappa shape index (κ3) is 5.18. The van der Waals surface area contributed by atoms with Crippen LogP contribution in [0.4, 0.5) is 0 Å². The molecule has 1 saturated heterocycles. The lowest BCUT2D eigenvalue weighted by Crippen LogP contribution is -2.46. The van der Waals surface area contributed by atoms with Crippen LogP contribution in [0.15, 0.2) is 64.1 Å². The zero-order valence-corrected chi connectivity index (χ0v) is 20.2. The molecule has 1 aromatic heterocycles. The second-order valence-electron chi connectivity index (χ2n) is 7.82. The molecule has 0 radical (unpaired) electrons. The van der Waals surface area contributed by atoms with Gasteiger partial charge in [0.2, 0.25) is 0 Å². The van der Waals surface area contributed by atoms with Gasteiger partial charge in [-0.05, 0) is 48.9 Å². The minimum atomic E-state index is -3.67. The second kappa shape index (κ2) is 10.1. The summed E-state index contributed by atoms with van der Waals surface area (Å²) in [6, 6.07) is 14.0. The van der Waals surface area contributed by atoms with E-state index in [9.17, 15) is 8.42 Å². The molecule has 2 aromatic carbocycles. The van der Waals surface area contributed by atoms with Crippen molar-refractivity contribution < 1.29 is 13.2 Å². The van der Waals surface area contributed by atoms with Gasteiger partial charge in [-0.25, -0.2) is 12.4 Å². The van der Waals surface area contributed by atoms with Gasteiger partial charge in [0, 0.05) is 48.8 Å². The van der Waals surface area contributed by atoms with Crippen LogP contribution in [0.25, 0.3) is 10.9 Å². The van der Waals surface area contributed by atoms with E-state index in [0.717, 1.165) is 61.3 Å². The molecular formula is C24H26BrN3O3S. The molecule has 0 unspecified atom stereocenters. The number of piperazine rings is 1. The Morgan fingerprint density at radius 2 is 1.81 bits per heavy atom. The summed E-state index contributed by atoms with van der Waals surface area (Å²) in [4.78, 5) is 4.97. The van der Waals surface area contributed by atoms with Crippen LogP contribution in [-0.4, -0.2) is 68.1 Å². The summed E-state index contributed by atoms with van der Waals surface area (Å²) in [6.07, 6.45) is 7.91. The van der Waals surface area contributed by atoms with Gasteiger partial charge in [0.05, 0.1) is 23.6 Å². The van der Waals surface area contributed by atoms with Crippen LogP contribution in [0, 0.1) is 12.3 Å². The Kier molecular flexibility index (Phi) is 7.21. The molecule has 0 spiro atoms. The number of hydrogen-bond acceptors (Lipinski definition) is 5. The van der Waals surface area contributed by atoms with Gasteiger partial charge in [-0.15, -0.1) is 6.42 Å². The predicted molar refractivity (Wildman–Crippen MR) is 130 cm³/mol. The highest BCUT2D eigenvalue weighted by Crippen LogP contribution is 2.27. The Morgan fingerprint density at radius 1 is 1.03 bits per heavy atom. The Bertz CT molecular complexity index is 1220. The highest BCUT2D eigenvalue weighted by Gasteiger charge is 2.19. The molecular weight excluding hydrogens is 490 g/mol. The minimum Gasteiger partial charge on any atom is -0.494 e. The van der Waals surface area contributed by atoms with Gasteiger partial charge >= 0.3 is 0 Å². The summed E-state index contributed by atoms with van der Waals surface area (Å²) >= 11 is 3.34. The average Bonchev–Trinajstić information content (AvgIpc) is 3.22. The Hall–Kier alpha value is -2.31. The van der Waals surface area contributed by atoms with E-state index in [1.54, 1.807) is 42.6 Å². The number of hydrogen-bond donors (Lipinski definition) is 0. The monoisotopic (exact) mass is 515 g/mol. The van der Waals surface area contributed by atoms with Crippen molar-refractivity contribution in [3.05, 3.63) is 59.2 Å². The quantitative estimate of drug-likeness (QED) is 0.338. The third-order valence-corrected chi connectivity index (χ3v) is 7.83.